The quantitative estimate of drug-likeness (QED) is 0.334. The first-order chi connectivity index (χ1) is 18.3. The van der Waals surface area contributed by atoms with E-state index in [0.717, 1.165) is 78.3 Å². The Morgan fingerprint density at radius 3 is 2.76 bits per heavy atom. The highest BCUT2D eigenvalue weighted by molar-refractivity contribution is 5.93. The van der Waals surface area contributed by atoms with Crippen molar-refractivity contribution in [2.45, 2.75) is 38.2 Å². The number of fused-ring (bicyclic) bond motifs is 2. The van der Waals surface area contributed by atoms with Crippen molar-refractivity contribution in [3.8, 4) is 28.5 Å². The third-order valence-electron chi connectivity index (χ3n) is 7.30. The van der Waals surface area contributed by atoms with E-state index in [4.69, 9.17) is 14.7 Å². The predicted octanol–water partition coefficient (Wildman–Crippen LogP) is 4.08. The number of hydrogen-bond acceptors (Lipinski definition) is 8. The van der Waals surface area contributed by atoms with Crippen LogP contribution in [0.15, 0.2) is 42.9 Å². The van der Waals surface area contributed by atoms with Gasteiger partial charge in [0.1, 0.15) is 22.9 Å². The number of ether oxygens (including phenoxy) is 1. The molecular weight excluding hydrogens is 466 g/mol. The van der Waals surface area contributed by atoms with Crippen LogP contribution in [0.2, 0.25) is 0 Å². The Bertz CT molecular complexity index is 1550. The molecule has 0 aliphatic carbocycles. The predicted molar refractivity (Wildman–Crippen MR) is 143 cm³/mol. The van der Waals surface area contributed by atoms with Gasteiger partial charge in [-0.25, -0.2) is 15.0 Å². The average molecular weight is 496 g/mol. The second-order valence-corrected chi connectivity index (χ2v) is 9.80. The van der Waals surface area contributed by atoms with Crippen LogP contribution in [-0.2, 0) is 0 Å². The molecule has 0 amide bonds. The lowest BCUT2D eigenvalue weighted by molar-refractivity contribution is 0.162. The van der Waals surface area contributed by atoms with Gasteiger partial charge in [0.15, 0.2) is 17.2 Å². The summed E-state index contributed by atoms with van der Waals surface area (Å²) >= 11 is 0. The molecular formula is C27H29N9O. The maximum absolute atomic E-state index is 6.20. The van der Waals surface area contributed by atoms with E-state index < -0.39 is 0 Å². The van der Waals surface area contributed by atoms with Crippen molar-refractivity contribution < 1.29 is 4.74 Å². The molecule has 0 saturated carbocycles. The molecule has 3 N–H and O–H groups in total. The van der Waals surface area contributed by atoms with Crippen LogP contribution in [0.25, 0.3) is 45.0 Å². The molecule has 10 heteroatoms. The molecule has 0 unspecified atom stereocenters. The van der Waals surface area contributed by atoms with Crippen molar-refractivity contribution in [3.05, 3.63) is 42.9 Å². The Labute approximate surface area is 213 Å². The molecule has 7 heterocycles. The first kappa shape index (κ1) is 22.2. The lowest BCUT2D eigenvalue weighted by atomic mass is 10.1. The number of imidazole rings is 1. The molecule has 37 heavy (non-hydrogen) atoms. The number of nitrogens with zero attached hydrogens (tertiary/aromatic N) is 6. The van der Waals surface area contributed by atoms with Gasteiger partial charge in [-0.05, 0) is 69.5 Å². The number of pyridine rings is 3. The molecule has 0 aromatic carbocycles. The standard InChI is InChI=1S/C27H29N9O/c1-2-12-36(13-3-1)22-8-11-30-26-24(22)32-27(33-26)25-23-21(34-35-25)5-4-20(31-23)17-14-19(16-29-15-17)37-18-6-9-28-10-7-18/h4-5,8,11,14-16,18,28H,1-3,6-7,9-10,12-13H2,(H,34,35)(H,30,32,33). The molecule has 188 valence electrons. The lowest BCUT2D eigenvalue weighted by Crippen LogP contribution is -2.34. The Balaban J connectivity index is 1.23. The van der Waals surface area contributed by atoms with E-state index in [-0.39, 0.29) is 6.10 Å². The van der Waals surface area contributed by atoms with Gasteiger partial charge in [0.2, 0.25) is 0 Å². The summed E-state index contributed by atoms with van der Waals surface area (Å²) < 4.78 is 6.20. The monoisotopic (exact) mass is 495 g/mol. The summed E-state index contributed by atoms with van der Waals surface area (Å²) in [6.07, 6.45) is 11.3. The number of anilines is 1. The number of nitrogens with one attached hydrogen (secondary N) is 3. The third kappa shape index (κ3) is 4.27. The molecule has 10 nitrogen and oxygen atoms in total. The molecule has 0 bridgehead atoms. The molecule has 0 spiro atoms. The van der Waals surface area contributed by atoms with E-state index in [2.05, 4.69) is 41.4 Å². The molecule has 2 aliphatic rings. The molecule has 2 aliphatic heterocycles. The average Bonchev–Trinajstić information content (AvgIpc) is 3.58. The minimum Gasteiger partial charge on any atom is -0.489 e. The Kier molecular flexibility index (Phi) is 5.65. The van der Waals surface area contributed by atoms with Crippen LogP contribution in [0.1, 0.15) is 32.1 Å². The van der Waals surface area contributed by atoms with Gasteiger partial charge in [-0.15, -0.1) is 0 Å². The molecule has 7 rings (SSSR count). The van der Waals surface area contributed by atoms with Gasteiger partial charge in [0, 0.05) is 31.0 Å². The Morgan fingerprint density at radius 1 is 0.973 bits per heavy atom. The van der Waals surface area contributed by atoms with Gasteiger partial charge in [0.25, 0.3) is 0 Å². The fraction of sp³-hybridized carbons (Fsp3) is 0.370. The summed E-state index contributed by atoms with van der Waals surface area (Å²) in [5.74, 6) is 1.43. The molecule has 0 atom stereocenters. The molecule has 2 saturated heterocycles. The van der Waals surface area contributed by atoms with Crippen molar-refractivity contribution in [1.29, 1.82) is 0 Å². The van der Waals surface area contributed by atoms with Gasteiger partial charge < -0.3 is 19.9 Å². The summed E-state index contributed by atoms with van der Waals surface area (Å²) in [5.41, 5.74) is 6.76. The van der Waals surface area contributed by atoms with Crippen molar-refractivity contribution in [1.82, 2.24) is 40.4 Å². The number of piperidine rings is 2. The molecule has 5 aromatic heterocycles. The van der Waals surface area contributed by atoms with Crippen LogP contribution in [0.4, 0.5) is 5.69 Å². The van der Waals surface area contributed by atoms with Crippen molar-refractivity contribution in [3.63, 3.8) is 0 Å². The summed E-state index contributed by atoms with van der Waals surface area (Å²) in [6, 6.07) is 8.05. The zero-order valence-corrected chi connectivity index (χ0v) is 20.6. The number of hydrogen-bond donors (Lipinski definition) is 3. The molecule has 5 aromatic rings. The number of rotatable bonds is 5. The Morgan fingerprint density at radius 2 is 1.86 bits per heavy atom. The number of aromatic nitrogens is 7. The number of H-pyrrole nitrogens is 2. The van der Waals surface area contributed by atoms with Crippen LogP contribution in [0, 0.1) is 0 Å². The summed E-state index contributed by atoms with van der Waals surface area (Å²) in [4.78, 5) is 24.6. The van der Waals surface area contributed by atoms with Crippen LogP contribution >= 0.6 is 0 Å². The lowest BCUT2D eigenvalue weighted by Gasteiger charge is -2.28. The maximum Gasteiger partial charge on any atom is 0.180 e. The zero-order chi connectivity index (χ0) is 24.6. The van der Waals surface area contributed by atoms with E-state index in [9.17, 15) is 0 Å². The highest BCUT2D eigenvalue weighted by atomic mass is 16.5. The normalized spacial score (nSPS) is 17.0. The van der Waals surface area contributed by atoms with Crippen LogP contribution in [0.3, 0.4) is 0 Å². The zero-order valence-electron chi connectivity index (χ0n) is 20.6. The third-order valence-corrected chi connectivity index (χ3v) is 7.30. The largest absolute Gasteiger partial charge is 0.489 e. The summed E-state index contributed by atoms with van der Waals surface area (Å²) in [7, 11) is 0. The van der Waals surface area contributed by atoms with Crippen LogP contribution in [-0.4, -0.2) is 67.4 Å². The SMILES string of the molecule is c1cc(N2CCCCC2)c2[nH]c(-c3n[nH]c4ccc(-c5cncc(OC6CCNCC6)c5)nc34)nc2n1. The second kappa shape index (κ2) is 9.44. The first-order valence-electron chi connectivity index (χ1n) is 13.1. The Hall–Kier alpha value is -4.05. The topological polar surface area (TPSA) is 121 Å². The minimum atomic E-state index is 0.214. The van der Waals surface area contributed by atoms with Crippen molar-refractivity contribution in [2.24, 2.45) is 0 Å². The van der Waals surface area contributed by atoms with Gasteiger partial charge in [-0.2, -0.15) is 5.10 Å². The van der Waals surface area contributed by atoms with E-state index in [0.29, 0.717) is 17.2 Å². The van der Waals surface area contributed by atoms with Crippen molar-refractivity contribution >= 4 is 27.9 Å². The maximum atomic E-state index is 6.20. The van der Waals surface area contributed by atoms with Gasteiger partial charge in [-0.1, -0.05) is 0 Å². The summed E-state index contributed by atoms with van der Waals surface area (Å²) in [6.45, 7) is 4.07. The smallest absolute Gasteiger partial charge is 0.180 e. The highest BCUT2D eigenvalue weighted by Crippen LogP contribution is 2.32. The molecule has 0 radical (unpaired) electrons. The van der Waals surface area contributed by atoms with E-state index >= 15 is 0 Å². The van der Waals surface area contributed by atoms with Crippen LogP contribution in [0.5, 0.6) is 5.75 Å². The second-order valence-electron chi connectivity index (χ2n) is 9.80. The summed E-state index contributed by atoms with van der Waals surface area (Å²) in [5, 5.41) is 11.0. The van der Waals surface area contributed by atoms with Gasteiger partial charge >= 0.3 is 0 Å². The van der Waals surface area contributed by atoms with Gasteiger partial charge in [-0.3, -0.25) is 10.1 Å². The fourth-order valence-electron chi connectivity index (χ4n) is 5.36. The first-order valence-corrected chi connectivity index (χ1v) is 13.1. The van der Waals surface area contributed by atoms with Gasteiger partial charge in [0.05, 0.1) is 23.1 Å². The van der Waals surface area contributed by atoms with Crippen LogP contribution < -0.4 is 15.0 Å². The fourth-order valence-corrected chi connectivity index (χ4v) is 5.36. The molecule has 2 fully saturated rings. The van der Waals surface area contributed by atoms with Crippen molar-refractivity contribution in [2.75, 3.05) is 31.1 Å². The van der Waals surface area contributed by atoms with E-state index in [1.807, 2.05) is 30.6 Å². The highest BCUT2D eigenvalue weighted by Gasteiger charge is 2.20. The number of aromatic amines is 2. The minimum absolute atomic E-state index is 0.214. The van der Waals surface area contributed by atoms with E-state index in [1.54, 1.807) is 6.20 Å². The van der Waals surface area contributed by atoms with E-state index in [1.165, 1.54) is 19.3 Å².